The molecule has 2 aromatic rings. The van der Waals surface area contributed by atoms with E-state index < -0.39 is 11.1 Å². The molecule has 0 N–H and O–H groups in total. The van der Waals surface area contributed by atoms with Crippen LogP contribution in [0.25, 0.3) is 6.08 Å². The SMILES string of the molecule is CCOc1cc(C=C2SC(=O)N(CC(=O)N3CCCCCC3)C2=O)c(Br)cc1OCc1ccc(Cl)cc1Cl. The summed E-state index contributed by atoms with van der Waals surface area (Å²) in [6.45, 7) is 3.54. The molecule has 0 radical (unpaired) electrons. The van der Waals surface area contributed by atoms with Crippen LogP contribution in [0.4, 0.5) is 4.79 Å². The molecule has 2 heterocycles. The van der Waals surface area contributed by atoms with Crippen molar-refractivity contribution in [1.82, 2.24) is 9.80 Å². The van der Waals surface area contributed by atoms with Crippen LogP contribution in [-0.2, 0) is 16.2 Å². The van der Waals surface area contributed by atoms with E-state index in [0.29, 0.717) is 51.3 Å². The van der Waals surface area contributed by atoms with Crippen LogP contribution >= 0.6 is 50.9 Å². The van der Waals surface area contributed by atoms with Crippen molar-refractivity contribution in [3.05, 3.63) is 60.9 Å². The molecule has 0 aliphatic carbocycles. The predicted molar refractivity (Wildman–Crippen MR) is 154 cm³/mol. The Morgan fingerprint density at radius 1 is 1.05 bits per heavy atom. The second-order valence-electron chi connectivity index (χ2n) is 8.84. The smallest absolute Gasteiger partial charge is 0.294 e. The molecule has 0 atom stereocenters. The molecule has 0 unspecified atom stereocenters. The zero-order valence-corrected chi connectivity index (χ0v) is 24.7. The zero-order chi connectivity index (χ0) is 27.2. The van der Waals surface area contributed by atoms with Crippen molar-refractivity contribution in [1.29, 1.82) is 0 Å². The normalized spacial score (nSPS) is 17.2. The molecule has 0 bridgehead atoms. The highest BCUT2D eigenvalue weighted by atomic mass is 79.9. The van der Waals surface area contributed by atoms with Crippen LogP contribution in [0.15, 0.2) is 39.7 Å². The number of nitrogens with zero attached hydrogens (tertiary/aromatic N) is 2. The van der Waals surface area contributed by atoms with Gasteiger partial charge in [-0.05, 0) is 67.4 Å². The Morgan fingerprint density at radius 2 is 1.76 bits per heavy atom. The second-order valence-corrected chi connectivity index (χ2v) is 11.5. The fraction of sp³-hybridized carbons (Fsp3) is 0.370. The molecule has 0 saturated carbocycles. The number of likely N-dealkylation sites (tertiary alicyclic amines) is 1. The minimum atomic E-state index is -0.481. The lowest BCUT2D eigenvalue weighted by atomic mass is 10.1. The number of hydrogen-bond donors (Lipinski definition) is 0. The van der Waals surface area contributed by atoms with Crippen LogP contribution in [0.2, 0.25) is 10.0 Å². The van der Waals surface area contributed by atoms with Crippen LogP contribution in [-0.4, -0.2) is 53.1 Å². The minimum Gasteiger partial charge on any atom is -0.490 e. The van der Waals surface area contributed by atoms with Crippen molar-refractivity contribution in [3.8, 4) is 11.5 Å². The average molecular weight is 642 g/mol. The van der Waals surface area contributed by atoms with E-state index in [1.54, 1.807) is 41.3 Å². The van der Waals surface area contributed by atoms with Gasteiger partial charge in [-0.2, -0.15) is 0 Å². The van der Waals surface area contributed by atoms with E-state index in [4.69, 9.17) is 32.7 Å². The fourth-order valence-electron chi connectivity index (χ4n) is 4.17. The molecule has 2 aromatic carbocycles. The lowest BCUT2D eigenvalue weighted by Gasteiger charge is -2.22. The summed E-state index contributed by atoms with van der Waals surface area (Å²) in [4.78, 5) is 41.5. The average Bonchev–Trinajstić information content (AvgIpc) is 3.06. The number of carbonyl (C=O) groups excluding carboxylic acids is 3. The van der Waals surface area contributed by atoms with E-state index in [1.807, 2.05) is 6.92 Å². The topological polar surface area (TPSA) is 76.2 Å². The molecule has 4 rings (SSSR count). The minimum absolute atomic E-state index is 0.197. The highest BCUT2D eigenvalue weighted by Crippen LogP contribution is 2.39. The van der Waals surface area contributed by atoms with E-state index in [-0.39, 0.29) is 24.0 Å². The Bertz CT molecular complexity index is 1260. The summed E-state index contributed by atoms with van der Waals surface area (Å²) in [5.41, 5.74) is 1.40. The number of imide groups is 1. The third kappa shape index (κ3) is 7.05. The fourth-order valence-corrected chi connectivity index (χ4v) is 5.90. The summed E-state index contributed by atoms with van der Waals surface area (Å²) >= 11 is 16.6. The van der Waals surface area contributed by atoms with Crippen molar-refractivity contribution in [3.63, 3.8) is 0 Å². The monoisotopic (exact) mass is 640 g/mol. The molecular weight excluding hydrogens is 615 g/mol. The number of amides is 3. The molecule has 2 aliphatic rings. The van der Waals surface area contributed by atoms with Crippen LogP contribution in [0.1, 0.15) is 43.7 Å². The van der Waals surface area contributed by atoms with Crippen LogP contribution < -0.4 is 9.47 Å². The van der Waals surface area contributed by atoms with Gasteiger partial charge in [0.25, 0.3) is 11.1 Å². The van der Waals surface area contributed by atoms with Crippen molar-refractivity contribution in [2.24, 2.45) is 0 Å². The van der Waals surface area contributed by atoms with Crippen molar-refractivity contribution in [2.75, 3.05) is 26.2 Å². The van der Waals surface area contributed by atoms with Gasteiger partial charge in [0.15, 0.2) is 11.5 Å². The zero-order valence-electron chi connectivity index (χ0n) is 20.8. The quantitative estimate of drug-likeness (QED) is 0.284. The first-order valence-electron chi connectivity index (χ1n) is 12.3. The van der Waals surface area contributed by atoms with E-state index in [2.05, 4.69) is 15.9 Å². The molecule has 0 spiro atoms. The van der Waals surface area contributed by atoms with Gasteiger partial charge in [0.2, 0.25) is 5.91 Å². The van der Waals surface area contributed by atoms with E-state index in [1.165, 1.54) is 0 Å². The Balaban J connectivity index is 1.50. The lowest BCUT2D eigenvalue weighted by molar-refractivity contribution is -0.135. The van der Waals surface area contributed by atoms with Gasteiger partial charge in [0, 0.05) is 33.2 Å². The summed E-state index contributed by atoms with van der Waals surface area (Å²) < 4.78 is 12.4. The van der Waals surface area contributed by atoms with E-state index in [0.717, 1.165) is 47.9 Å². The maximum atomic E-state index is 13.1. The van der Waals surface area contributed by atoms with Gasteiger partial charge < -0.3 is 14.4 Å². The Labute approximate surface area is 244 Å². The highest BCUT2D eigenvalue weighted by molar-refractivity contribution is 9.10. The Hall–Kier alpha value is -2.20. The summed E-state index contributed by atoms with van der Waals surface area (Å²) in [6.07, 6.45) is 5.68. The van der Waals surface area contributed by atoms with Gasteiger partial charge in [0.1, 0.15) is 13.2 Å². The van der Waals surface area contributed by atoms with E-state index >= 15 is 0 Å². The van der Waals surface area contributed by atoms with E-state index in [9.17, 15) is 14.4 Å². The lowest BCUT2D eigenvalue weighted by Crippen LogP contribution is -2.42. The molecule has 7 nitrogen and oxygen atoms in total. The standard InChI is InChI=1S/C27H27BrCl2N2O5S/c1-2-36-22-11-18(20(28)14-23(22)37-16-17-7-8-19(29)13-21(17)30)12-24-26(34)32(27(35)38-24)15-25(33)31-9-5-3-4-6-10-31/h7-8,11-14H,2-6,9-10,15-16H2,1H3. The third-order valence-corrected chi connectivity index (χ3v) is 8.35. The van der Waals surface area contributed by atoms with Crippen LogP contribution in [0, 0.1) is 0 Å². The van der Waals surface area contributed by atoms with Crippen LogP contribution in [0.5, 0.6) is 11.5 Å². The first-order chi connectivity index (χ1) is 18.3. The molecular formula is C27H27BrCl2N2O5S. The molecule has 2 fully saturated rings. The molecule has 202 valence electrons. The molecule has 3 amide bonds. The highest BCUT2D eigenvalue weighted by Gasteiger charge is 2.37. The Kier molecular flexibility index (Phi) is 10.0. The number of thioether (sulfide) groups is 1. The number of hydrogen-bond acceptors (Lipinski definition) is 6. The number of halogens is 3. The van der Waals surface area contributed by atoms with Crippen LogP contribution in [0.3, 0.4) is 0 Å². The van der Waals surface area contributed by atoms with Gasteiger partial charge in [-0.3, -0.25) is 19.3 Å². The number of carbonyl (C=O) groups is 3. The maximum absolute atomic E-state index is 13.1. The van der Waals surface area contributed by atoms with Gasteiger partial charge >= 0.3 is 0 Å². The van der Waals surface area contributed by atoms with Crippen molar-refractivity contribution in [2.45, 2.75) is 39.2 Å². The van der Waals surface area contributed by atoms with Crippen molar-refractivity contribution < 1.29 is 23.9 Å². The maximum Gasteiger partial charge on any atom is 0.294 e. The van der Waals surface area contributed by atoms with Gasteiger partial charge in [-0.1, -0.05) is 58.0 Å². The Morgan fingerprint density at radius 3 is 2.45 bits per heavy atom. The summed E-state index contributed by atoms with van der Waals surface area (Å²) in [5, 5.41) is 0.582. The van der Waals surface area contributed by atoms with Gasteiger partial charge in [-0.25, -0.2) is 0 Å². The molecule has 0 aromatic heterocycles. The summed E-state index contributed by atoms with van der Waals surface area (Å²) in [6, 6.07) is 8.67. The van der Waals surface area contributed by atoms with Gasteiger partial charge in [-0.15, -0.1) is 0 Å². The summed E-state index contributed by atoms with van der Waals surface area (Å²) in [5.74, 6) is 0.281. The van der Waals surface area contributed by atoms with Crippen molar-refractivity contribution >= 4 is 74.0 Å². The second kappa shape index (κ2) is 13.2. The number of rotatable bonds is 8. The third-order valence-electron chi connectivity index (χ3n) is 6.17. The van der Waals surface area contributed by atoms with Gasteiger partial charge in [0.05, 0.1) is 11.5 Å². The predicted octanol–water partition coefficient (Wildman–Crippen LogP) is 7.17. The number of ether oxygens (including phenoxy) is 2. The summed E-state index contributed by atoms with van der Waals surface area (Å²) in [7, 11) is 0. The molecule has 38 heavy (non-hydrogen) atoms. The molecule has 2 aliphatic heterocycles. The largest absolute Gasteiger partial charge is 0.490 e. The molecule has 11 heteroatoms. The molecule has 2 saturated heterocycles. The first-order valence-corrected chi connectivity index (χ1v) is 14.7. The number of benzene rings is 2. The first kappa shape index (κ1) is 28.8.